The van der Waals surface area contributed by atoms with E-state index in [0.717, 1.165) is 0 Å². The van der Waals surface area contributed by atoms with Crippen molar-refractivity contribution >= 4 is 11.9 Å². The van der Waals surface area contributed by atoms with Gasteiger partial charge in [0.2, 0.25) is 0 Å². The highest BCUT2D eigenvalue weighted by atomic mass is 16.9. The maximum atomic E-state index is 10.0. The Balaban J connectivity index is 2.87. The molecule has 0 aromatic heterocycles. The van der Waals surface area contributed by atoms with Gasteiger partial charge in [0.05, 0.1) is 0 Å². The zero-order valence-electron chi connectivity index (χ0n) is 5.01. The Labute approximate surface area is 59.4 Å². The van der Waals surface area contributed by atoms with E-state index in [2.05, 4.69) is 4.74 Å². The molecule has 7 nitrogen and oxygen atoms in total. The fourth-order valence-electron chi connectivity index (χ4n) is 0.565. The lowest BCUT2D eigenvalue weighted by atomic mass is 10.2. The lowest BCUT2D eigenvalue weighted by molar-refractivity contribution is -0.165. The zero-order valence-corrected chi connectivity index (χ0v) is 5.01. The molecule has 0 aromatic carbocycles. The van der Waals surface area contributed by atoms with Gasteiger partial charge in [-0.3, -0.25) is 4.74 Å². The maximum Gasteiger partial charge on any atom is 0.371 e. The molecule has 2 unspecified atom stereocenters. The average molecular weight is 164 g/mol. The van der Waals surface area contributed by atoms with Crippen molar-refractivity contribution in [1.82, 2.24) is 0 Å². The van der Waals surface area contributed by atoms with E-state index in [9.17, 15) is 9.59 Å². The minimum atomic E-state index is -3.00. The lowest BCUT2D eigenvalue weighted by Crippen LogP contribution is -2.39. The number of carboxylic acids is 2. The van der Waals surface area contributed by atoms with E-state index in [4.69, 9.17) is 20.4 Å². The molecular weight excluding hydrogens is 160 g/mol. The number of aliphatic hydroxyl groups is 2. The summed E-state index contributed by atoms with van der Waals surface area (Å²) in [7, 11) is 0. The lowest BCUT2D eigenvalue weighted by Gasteiger charge is -1.98. The molecular formula is C4H4O7. The van der Waals surface area contributed by atoms with Gasteiger partial charge in [0.1, 0.15) is 0 Å². The highest BCUT2D eigenvalue weighted by Gasteiger charge is 2.81. The third-order valence-electron chi connectivity index (χ3n) is 1.29. The summed E-state index contributed by atoms with van der Waals surface area (Å²) >= 11 is 0. The van der Waals surface area contributed by atoms with E-state index in [1.54, 1.807) is 0 Å². The molecule has 11 heavy (non-hydrogen) atoms. The van der Waals surface area contributed by atoms with Crippen LogP contribution in [0.5, 0.6) is 0 Å². The molecule has 0 radical (unpaired) electrons. The van der Waals surface area contributed by atoms with Crippen LogP contribution in [0.3, 0.4) is 0 Å². The maximum absolute atomic E-state index is 10.0. The molecule has 0 aliphatic carbocycles. The quantitative estimate of drug-likeness (QED) is 0.334. The zero-order chi connectivity index (χ0) is 8.86. The highest BCUT2D eigenvalue weighted by molar-refractivity contribution is 5.92. The van der Waals surface area contributed by atoms with Crippen molar-refractivity contribution in [1.29, 1.82) is 0 Å². The molecule has 62 valence electrons. The van der Waals surface area contributed by atoms with E-state index >= 15 is 0 Å². The van der Waals surface area contributed by atoms with Crippen molar-refractivity contribution in [3.05, 3.63) is 0 Å². The van der Waals surface area contributed by atoms with Crippen LogP contribution in [0, 0.1) is 0 Å². The third-order valence-corrected chi connectivity index (χ3v) is 1.29. The van der Waals surface area contributed by atoms with Crippen molar-refractivity contribution in [2.45, 2.75) is 11.6 Å². The molecule has 4 N–H and O–H groups in total. The van der Waals surface area contributed by atoms with Crippen LogP contribution < -0.4 is 0 Å². The van der Waals surface area contributed by atoms with Gasteiger partial charge in [0.15, 0.2) is 0 Å². The monoisotopic (exact) mass is 164 g/mol. The summed E-state index contributed by atoms with van der Waals surface area (Å²) in [5.41, 5.74) is 0. The topological polar surface area (TPSA) is 128 Å². The predicted molar refractivity (Wildman–Crippen MR) is 26.3 cm³/mol. The molecule has 0 bridgehead atoms. The van der Waals surface area contributed by atoms with Crippen LogP contribution in [0.4, 0.5) is 0 Å². The van der Waals surface area contributed by atoms with E-state index in [-0.39, 0.29) is 0 Å². The second-order valence-corrected chi connectivity index (χ2v) is 2.00. The van der Waals surface area contributed by atoms with Crippen LogP contribution in [0.1, 0.15) is 0 Å². The molecule has 7 heteroatoms. The van der Waals surface area contributed by atoms with Crippen LogP contribution in [0.2, 0.25) is 0 Å². The normalized spacial score (nSPS) is 41.6. The number of epoxide rings is 1. The first-order valence-corrected chi connectivity index (χ1v) is 2.46. The van der Waals surface area contributed by atoms with Crippen LogP contribution >= 0.6 is 0 Å². The second kappa shape index (κ2) is 1.70. The molecule has 1 aliphatic rings. The largest absolute Gasteiger partial charge is 0.477 e. The van der Waals surface area contributed by atoms with Gasteiger partial charge < -0.3 is 20.4 Å². The first kappa shape index (κ1) is 7.92. The van der Waals surface area contributed by atoms with Crippen molar-refractivity contribution in [2.75, 3.05) is 0 Å². The minimum Gasteiger partial charge on any atom is -0.477 e. The molecule has 1 heterocycles. The van der Waals surface area contributed by atoms with E-state index < -0.39 is 23.5 Å². The van der Waals surface area contributed by atoms with Gasteiger partial charge in [-0.05, 0) is 0 Å². The van der Waals surface area contributed by atoms with Crippen molar-refractivity contribution in [2.24, 2.45) is 0 Å². The third kappa shape index (κ3) is 0.723. The summed E-state index contributed by atoms with van der Waals surface area (Å²) in [6.07, 6.45) is 0. The number of carbonyl (C=O) groups is 2. The molecule has 0 spiro atoms. The van der Waals surface area contributed by atoms with Crippen molar-refractivity contribution < 1.29 is 34.8 Å². The number of aliphatic carboxylic acids is 2. The smallest absolute Gasteiger partial charge is 0.371 e. The minimum absolute atomic E-state index is 1.94. The standard InChI is InChI=1S/C4H4O7/c5-1(6)3(9)4(10,11-3)2(7)8/h9-10H,(H,5,6)(H,7,8). The van der Waals surface area contributed by atoms with E-state index in [0.29, 0.717) is 0 Å². The Hall–Kier alpha value is -1.18. The Bertz CT molecular complexity index is 211. The second-order valence-electron chi connectivity index (χ2n) is 2.00. The number of hydrogen-bond donors (Lipinski definition) is 4. The van der Waals surface area contributed by atoms with Crippen LogP contribution in [-0.2, 0) is 14.3 Å². The average Bonchev–Trinajstić information content (AvgIpc) is 2.39. The molecule has 0 aromatic rings. The summed E-state index contributed by atoms with van der Waals surface area (Å²) in [5.74, 6) is -9.89. The Kier molecular flexibility index (Phi) is 1.22. The molecule has 0 saturated carbocycles. The van der Waals surface area contributed by atoms with Crippen molar-refractivity contribution in [3.63, 3.8) is 0 Å². The number of ether oxygens (including phenoxy) is 1. The van der Waals surface area contributed by atoms with Gasteiger partial charge in [-0.1, -0.05) is 0 Å². The van der Waals surface area contributed by atoms with Gasteiger partial charge in [0, 0.05) is 0 Å². The van der Waals surface area contributed by atoms with E-state index in [1.807, 2.05) is 0 Å². The van der Waals surface area contributed by atoms with Crippen LogP contribution in [-0.4, -0.2) is 43.9 Å². The summed E-state index contributed by atoms with van der Waals surface area (Å²) in [6, 6.07) is 0. The fraction of sp³-hybridized carbons (Fsp3) is 0.500. The molecule has 1 rings (SSSR count). The first-order valence-electron chi connectivity index (χ1n) is 2.46. The van der Waals surface area contributed by atoms with Gasteiger partial charge in [-0.2, -0.15) is 0 Å². The number of hydrogen-bond acceptors (Lipinski definition) is 5. The summed E-state index contributed by atoms with van der Waals surface area (Å²) in [6.45, 7) is 0. The van der Waals surface area contributed by atoms with Gasteiger partial charge in [0.25, 0.3) is 0 Å². The Morgan fingerprint density at radius 3 is 1.36 bits per heavy atom. The molecule has 1 aliphatic heterocycles. The molecule has 1 fully saturated rings. The molecule has 0 amide bonds. The highest BCUT2D eigenvalue weighted by Crippen LogP contribution is 2.43. The van der Waals surface area contributed by atoms with Crippen molar-refractivity contribution in [3.8, 4) is 0 Å². The molecule has 1 saturated heterocycles. The number of carboxylic acid groups (broad SMARTS) is 2. The Morgan fingerprint density at radius 2 is 1.27 bits per heavy atom. The van der Waals surface area contributed by atoms with Gasteiger partial charge >= 0.3 is 23.5 Å². The van der Waals surface area contributed by atoms with Gasteiger partial charge in [-0.15, -0.1) is 0 Å². The molecule has 2 atom stereocenters. The van der Waals surface area contributed by atoms with E-state index in [1.165, 1.54) is 0 Å². The summed E-state index contributed by atoms with van der Waals surface area (Å²) in [4.78, 5) is 20.0. The Morgan fingerprint density at radius 1 is 1.00 bits per heavy atom. The fourth-order valence-corrected chi connectivity index (χ4v) is 0.565. The first-order chi connectivity index (χ1) is 4.84. The predicted octanol–water partition coefficient (Wildman–Crippen LogP) is -2.44. The van der Waals surface area contributed by atoms with Gasteiger partial charge in [-0.25, -0.2) is 9.59 Å². The SMILES string of the molecule is O=C(O)C1(O)OC1(O)C(=O)O. The summed E-state index contributed by atoms with van der Waals surface area (Å²) < 4.78 is 3.73. The van der Waals surface area contributed by atoms with Crippen LogP contribution in [0.25, 0.3) is 0 Å². The van der Waals surface area contributed by atoms with Crippen LogP contribution in [0.15, 0.2) is 0 Å². The number of rotatable bonds is 2. The summed E-state index contributed by atoms with van der Waals surface area (Å²) in [5, 5.41) is 33.5.